The molecule has 2 heterocycles. The van der Waals surface area contributed by atoms with E-state index in [9.17, 15) is 24.8 Å². The largest absolute Gasteiger partial charge is 0.529 e. The van der Waals surface area contributed by atoms with Crippen molar-refractivity contribution in [3.63, 3.8) is 0 Å². The molecular weight excluding hydrogens is 393 g/mol. The van der Waals surface area contributed by atoms with E-state index in [0.717, 1.165) is 0 Å². The molecule has 0 aliphatic carbocycles. The lowest BCUT2D eigenvalue weighted by molar-refractivity contribution is -0.280. The highest BCUT2D eigenvalue weighted by Crippen LogP contribution is 2.48. The first-order chi connectivity index (χ1) is 12.2. The van der Waals surface area contributed by atoms with Gasteiger partial charge in [0, 0.05) is 16.6 Å². The average Bonchev–Trinajstić information content (AvgIpc) is 2.96. The molecule has 6 atom stereocenters. The van der Waals surface area contributed by atoms with Crippen LogP contribution in [0.15, 0.2) is 24.4 Å². The number of hydrogen-bond acceptors (Lipinski definition) is 8. The number of benzene rings is 1. The highest BCUT2D eigenvalue weighted by Gasteiger charge is 2.47. The summed E-state index contributed by atoms with van der Waals surface area (Å²) >= 11 is 5.86. The van der Waals surface area contributed by atoms with Crippen LogP contribution in [0.25, 0.3) is 10.9 Å². The van der Waals surface area contributed by atoms with Gasteiger partial charge in [-0.3, -0.25) is 4.89 Å². The van der Waals surface area contributed by atoms with Gasteiger partial charge in [-0.25, -0.2) is 9.09 Å². The van der Waals surface area contributed by atoms with Crippen LogP contribution in [-0.4, -0.2) is 67.6 Å². The summed E-state index contributed by atoms with van der Waals surface area (Å²) in [5, 5.41) is 39.3. The smallest absolute Gasteiger partial charge is 0.402 e. The predicted molar refractivity (Wildman–Crippen MR) is 88.6 cm³/mol. The number of H-pyrrole nitrogens is 1. The van der Waals surface area contributed by atoms with Crippen molar-refractivity contribution in [2.75, 3.05) is 6.61 Å². The summed E-state index contributed by atoms with van der Waals surface area (Å²) in [6.45, 7) is -0.704. The number of aromatic amines is 1. The van der Waals surface area contributed by atoms with Crippen molar-refractivity contribution in [1.82, 2.24) is 4.98 Å². The molecule has 1 aliphatic rings. The minimum Gasteiger partial charge on any atom is -0.402 e. The maximum atomic E-state index is 12.3. The highest BCUT2D eigenvalue weighted by molar-refractivity contribution is 7.47. The summed E-state index contributed by atoms with van der Waals surface area (Å²) in [6, 6.07) is 4.72. The number of fused-ring (bicyclic) bond motifs is 1. The van der Waals surface area contributed by atoms with Gasteiger partial charge >= 0.3 is 7.82 Å². The zero-order valence-electron chi connectivity index (χ0n) is 13.1. The summed E-state index contributed by atoms with van der Waals surface area (Å²) in [5.74, 6) is -0.00732. The fourth-order valence-electron chi connectivity index (χ4n) is 2.58. The molecule has 26 heavy (non-hydrogen) atoms. The van der Waals surface area contributed by atoms with Gasteiger partial charge in [0.25, 0.3) is 0 Å². The van der Waals surface area contributed by atoms with Gasteiger partial charge in [0.15, 0.2) is 12.0 Å². The van der Waals surface area contributed by atoms with Gasteiger partial charge in [-0.15, -0.1) is 0 Å². The molecule has 10 nitrogen and oxygen atoms in total. The Labute approximate surface area is 152 Å². The Kier molecular flexibility index (Phi) is 5.59. The maximum Gasteiger partial charge on any atom is 0.529 e. The van der Waals surface area contributed by atoms with Crippen LogP contribution in [0.3, 0.4) is 0 Å². The number of phosphoric acid groups is 1. The molecule has 1 fully saturated rings. The van der Waals surface area contributed by atoms with E-state index >= 15 is 0 Å². The Hall–Kier alpha value is -1.20. The fraction of sp³-hybridized carbons (Fsp3) is 0.429. The number of halogens is 1. The van der Waals surface area contributed by atoms with Crippen LogP contribution < -0.4 is 4.52 Å². The Morgan fingerprint density at radius 3 is 2.65 bits per heavy atom. The minimum absolute atomic E-state index is 0.00732. The molecule has 1 aliphatic heterocycles. The monoisotopic (exact) mass is 409 g/mol. The summed E-state index contributed by atoms with van der Waals surface area (Å²) in [6.07, 6.45) is -6.97. The van der Waals surface area contributed by atoms with Crippen molar-refractivity contribution in [2.45, 2.75) is 30.7 Å². The Morgan fingerprint density at radius 1 is 1.23 bits per heavy atom. The van der Waals surface area contributed by atoms with Crippen molar-refractivity contribution in [1.29, 1.82) is 0 Å². The number of phosphoric ester groups is 1. The number of aliphatic hydroxyl groups is 4. The van der Waals surface area contributed by atoms with E-state index in [0.29, 0.717) is 15.9 Å². The van der Waals surface area contributed by atoms with Crippen molar-refractivity contribution >= 4 is 30.3 Å². The van der Waals surface area contributed by atoms with Crippen molar-refractivity contribution in [2.24, 2.45) is 0 Å². The van der Waals surface area contributed by atoms with Crippen molar-refractivity contribution in [3.8, 4) is 5.75 Å². The SMILES string of the molecule is O=P(O)(Oc1c[nH]c2cc(Cl)ccc12)OC1O[C@H](CO)[C@@H](O)[C@H](O)[C@H]1O. The lowest BCUT2D eigenvalue weighted by Gasteiger charge is -2.39. The summed E-state index contributed by atoms with van der Waals surface area (Å²) in [4.78, 5) is 12.8. The standard InChI is InChI=1S/C14H17ClNO9P/c15-6-1-2-7-8(3-6)16-4-9(7)24-26(21,22)25-14-13(20)12(19)11(18)10(5-17)23-14/h1-4,10-14,16-20H,5H2,(H,21,22)/t10-,11-,12+,13-,14?/m1/s1. The lowest BCUT2D eigenvalue weighted by Crippen LogP contribution is -2.59. The topological polar surface area (TPSA) is 162 Å². The Bertz CT molecular complexity index is 828. The Balaban J connectivity index is 1.76. The second-order valence-electron chi connectivity index (χ2n) is 5.71. The molecule has 0 saturated carbocycles. The van der Waals surface area contributed by atoms with Crippen LogP contribution >= 0.6 is 19.4 Å². The number of aromatic nitrogens is 1. The molecule has 0 bridgehead atoms. The summed E-state index contributed by atoms with van der Waals surface area (Å²) < 4.78 is 27.1. The van der Waals surface area contributed by atoms with E-state index in [2.05, 4.69) is 4.98 Å². The zero-order valence-corrected chi connectivity index (χ0v) is 14.7. The van der Waals surface area contributed by atoms with Gasteiger partial charge in [0.2, 0.25) is 0 Å². The van der Waals surface area contributed by atoms with E-state index in [1.54, 1.807) is 18.2 Å². The molecule has 1 aromatic carbocycles. The molecule has 2 aromatic rings. The van der Waals surface area contributed by atoms with Gasteiger partial charge < -0.3 is 34.7 Å². The van der Waals surface area contributed by atoms with Crippen LogP contribution in [-0.2, 0) is 13.8 Å². The quantitative estimate of drug-likeness (QED) is 0.376. The van der Waals surface area contributed by atoms with E-state index < -0.39 is 45.1 Å². The molecule has 12 heteroatoms. The molecule has 0 amide bonds. The molecule has 1 saturated heterocycles. The molecular formula is C14H17ClNO9P. The molecule has 1 aromatic heterocycles. The second kappa shape index (κ2) is 7.43. The first-order valence-corrected chi connectivity index (χ1v) is 9.37. The maximum absolute atomic E-state index is 12.3. The number of rotatable bonds is 5. The van der Waals surface area contributed by atoms with Crippen LogP contribution in [0.2, 0.25) is 5.02 Å². The molecule has 144 valence electrons. The first-order valence-electron chi connectivity index (χ1n) is 7.50. The second-order valence-corrected chi connectivity index (χ2v) is 7.47. The van der Waals surface area contributed by atoms with Gasteiger partial charge in [0.1, 0.15) is 24.4 Å². The number of hydrogen-bond donors (Lipinski definition) is 6. The van der Waals surface area contributed by atoms with E-state index in [4.69, 9.17) is 30.5 Å². The third-order valence-corrected chi connectivity index (χ3v) is 5.04. The molecule has 6 N–H and O–H groups in total. The van der Waals surface area contributed by atoms with Crippen molar-refractivity contribution < 1.29 is 43.7 Å². The van der Waals surface area contributed by atoms with Gasteiger partial charge in [-0.2, -0.15) is 0 Å². The summed E-state index contributed by atoms with van der Waals surface area (Å²) in [7, 11) is -4.80. The summed E-state index contributed by atoms with van der Waals surface area (Å²) in [5.41, 5.74) is 0.556. The normalized spacial score (nSPS) is 31.7. The average molecular weight is 410 g/mol. The minimum atomic E-state index is -4.80. The van der Waals surface area contributed by atoms with Crippen LogP contribution in [0.4, 0.5) is 0 Å². The third-order valence-electron chi connectivity index (χ3n) is 3.91. The number of ether oxygens (including phenoxy) is 1. The van der Waals surface area contributed by atoms with Gasteiger partial charge in [0.05, 0.1) is 12.1 Å². The highest BCUT2D eigenvalue weighted by atomic mass is 35.5. The number of aliphatic hydroxyl groups excluding tert-OH is 4. The predicted octanol–water partition coefficient (Wildman–Crippen LogP) is 0.117. The van der Waals surface area contributed by atoms with E-state index in [-0.39, 0.29) is 5.75 Å². The molecule has 3 rings (SSSR count). The fourth-order valence-corrected chi connectivity index (χ4v) is 3.63. The van der Waals surface area contributed by atoms with Crippen LogP contribution in [0.5, 0.6) is 5.75 Å². The molecule has 0 spiro atoms. The van der Waals surface area contributed by atoms with Crippen LogP contribution in [0.1, 0.15) is 0 Å². The van der Waals surface area contributed by atoms with Crippen molar-refractivity contribution in [3.05, 3.63) is 29.4 Å². The molecule has 0 radical (unpaired) electrons. The third kappa shape index (κ3) is 3.89. The van der Waals surface area contributed by atoms with Gasteiger partial charge in [-0.1, -0.05) is 11.6 Å². The molecule has 2 unspecified atom stereocenters. The lowest BCUT2D eigenvalue weighted by atomic mass is 10.00. The number of nitrogens with one attached hydrogen (secondary N) is 1. The Morgan fingerprint density at radius 2 is 1.96 bits per heavy atom. The zero-order chi connectivity index (χ0) is 19.1. The van der Waals surface area contributed by atoms with E-state index in [1.165, 1.54) is 6.20 Å². The van der Waals surface area contributed by atoms with Crippen LogP contribution in [0, 0.1) is 0 Å². The van der Waals surface area contributed by atoms with E-state index in [1.807, 2.05) is 0 Å². The van der Waals surface area contributed by atoms with Gasteiger partial charge in [-0.05, 0) is 18.2 Å². The first kappa shape index (κ1) is 19.6.